The number of nitrogen functional groups attached to an aromatic ring is 1. The van der Waals surface area contributed by atoms with Crippen molar-refractivity contribution in [3.8, 4) is 5.75 Å². The predicted octanol–water partition coefficient (Wildman–Crippen LogP) is 2.77. The first-order chi connectivity index (χ1) is 9.58. The maximum absolute atomic E-state index is 12.0. The number of hydrogen-bond acceptors (Lipinski definition) is 3. The molecule has 2 aromatic carbocycles. The highest BCUT2D eigenvalue weighted by atomic mass is 16.5. The molecule has 4 nitrogen and oxygen atoms in total. The zero-order chi connectivity index (χ0) is 14.5. The Morgan fingerprint density at radius 2 is 2.05 bits per heavy atom. The van der Waals surface area contributed by atoms with Gasteiger partial charge in [-0.1, -0.05) is 29.8 Å². The number of hydrogen-bond donors (Lipinski definition) is 2. The van der Waals surface area contributed by atoms with Crippen LogP contribution in [0, 0.1) is 6.92 Å². The number of amides is 1. The van der Waals surface area contributed by atoms with Gasteiger partial charge >= 0.3 is 0 Å². The number of methoxy groups -OCH3 is 1. The molecule has 0 unspecified atom stereocenters. The van der Waals surface area contributed by atoms with Gasteiger partial charge in [-0.25, -0.2) is 0 Å². The highest BCUT2D eigenvalue weighted by Gasteiger charge is 2.07. The lowest BCUT2D eigenvalue weighted by Gasteiger charge is -2.10. The minimum Gasteiger partial charge on any atom is -0.497 e. The summed E-state index contributed by atoms with van der Waals surface area (Å²) >= 11 is 0. The number of rotatable bonds is 4. The van der Waals surface area contributed by atoms with Crippen LogP contribution in [0.1, 0.15) is 11.1 Å². The molecule has 4 heteroatoms. The van der Waals surface area contributed by atoms with E-state index in [9.17, 15) is 4.79 Å². The van der Waals surface area contributed by atoms with Crippen LogP contribution in [0.5, 0.6) is 5.75 Å². The van der Waals surface area contributed by atoms with Crippen LogP contribution in [-0.2, 0) is 11.2 Å². The minimum absolute atomic E-state index is 0.0903. The maximum Gasteiger partial charge on any atom is 0.228 e. The Morgan fingerprint density at radius 1 is 1.25 bits per heavy atom. The molecule has 0 bridgehead atoms. The van der Waals surface area contributed by atoms with Crippen LogP contribution in [0.15, 0.2) is 42.5 Å². The van der Waals surface area contributed by atoms with Crippen molar-refractivity contribution in [3.63, 3.8) is 0 Å². The molecule has 0 aliphatic carbocycles. The van der Waals surface area contributed by atoms with E-state index in [1.54, 1.807) is 25.3 Å². The Morgan fingerprint density at radius 3 is 2.70 bits per heavy atom. The maximum atomic E-state index is 12.0. The van der Waals surface area contributed by atoms with Crippen molar-refractivity contribution in [2.75, 3.05) is 18.2 Å². The number of anilines is 2. The lowest BCUT2D eigenvalue weighted by Crippen LogP contribution is -2.15. The molecule has 2 rings (SSSR count). The van der Waals surface area contributed by atoms with E-state index in [-0.39, 0.29) is 5.91 Å². The van der Waals surface area contributed by atoms with Crippen LogP contribution in [0.4, 0.5) is 11.4 Å². The summed E-state index contributed by atoms with van der Waals surface area (Å²) in [6, 6.07) is 13.1. The molecule has 0 aliphatic rings. The Kier molecular flexibility index (Phi) is 4.25. The lowest BCUT2D eigenvalue weighted by molar-refractivity contribution is -0.115. The van der Waals surface area contributed by atoms with Gasteiger partial charge in [0, 0.05) is 6.07 Å². The highest BCUT2D eigenvalue weighted by molar-refractivity contribution is 5.95. The fourth-order valence-electron chi connectivity index (χ4n) is 1.98. The van der Waals surface area contributed by atoms with Crippen LogP contribution in [0.25, 0.3) is 0 Å². The second kappa shape index (κ2) is 6.10. The fraction of sp³-hybridized carbons (Fsp3) is 0.188. The van der Waals surface area contributed by atoms with Crippen molar-refractivity contribution in [2.24, 2.45) is 0 Å². The van der Waals surface area contributed by atoms with Crippen LogP contribution in [0.3, 0.4) is 0 Å². The van der Waals surface area contributed by atoms with Crippen molar-refractivity contribution >= 4 is 17.3 Å². The normalized spacial score (nSPS) is 10.1. The van der Waals surface area contributed by atoms with Gasteiger partial charge in [0.1, 0.15) is 5.75 Å². The molecule has 1 amide bonds. The molecule has 0 atom stereocenters. The van der Waals surface area contributed by atoms with Gasteiger partial charge in [0.25, 0.3) is 0 Å². The lowest BCUT2D eigenvalue weighted by atomic mass is 10.1. The average molecular weight is 270 g/mol. The van der Waals surface area contributed by atoms with Gasteiger partial charge in [-0.3, -0.25) is 4.79 Å². The van der Waals surface area contributed by atoms with E-state index in [2.05, 4.69) is 5.32 Å². The Balaban J connectivity index is 2.05. The third-order valence-electron chi connectivity index (χ3n) is 2.98. The molecule has 0 saturated heterocycles. The summed E-state index contributed by atoms with van der Waals surface area (Å²) in [5.41, 5.74) is 9.08. The summed E-state index contributed by atoms with van der Waals surface area (Å²) in [6.07, 6.45) is 0.327. The van der Waals surface area contributed by atoms with Crippen molar-refractivity contribution in [3.05, 3.63) is 53.6 Å². The topological polar surface area (TPSA) is 64.3 Å². The van der Waals surface area contributed by atoms with Gasteiger partial charge in [-0.2, -0.15) is 0 Å². The van der Waals surface area contributed by atoms with Gasteiger partial charge in [0.2, 0.25) is 5.91 Å². The van der Waals surface area contributed by atoms with E-state index in [1.807, 2.05) is 31.2 Å². The molecule has 0 aliphatic heterocycles. The van der Waals surface area contributed by atoms with Gasteiger partial charge in [0.05, 0.1) is 24.9 Å². The number of nitrogens with two attached hydrogens (primary N) is 1. The smallest absolute Gasteiger partial charge is 0.228 e. The predicted molar refractivity (Wildman–Crippen MR) is 80.9 cm³/mol. The van der Waals surface area contributed by atoms with Crippen LogP contribution < -0.4 is 15.8 Å². The number of aryl methyl sites for hydroxylation is 1. The third-order valence-corrected chi connectivity index (χ3v) is 2.98. The van der Waals surface area contributed by atoms with E-state index in [0.717, 1.165) is 11.1 Å². The molecule has 104 valence electrons. The summed E-state index contributed by atoms with van der Waals surface area (Å²) in [4.78, 5) is 12.0. The monoisotopic (exact) mass is 270 g/mol. The summed E-state index contributed by atoms with van der Waals surface area (Å²) in [5, 5.41) is 2.81. The molecule has 3 N–H and O–H groups in total. The summed E-state index contributed by atoms with van der Waals surface area (Å²) in [6.45, 7) is 2.00. The number of carbonyl (C=O) groups excluding carboxylic acids is 1. The number of ether oxygens (including phenoxy) is 1. The van der Waals surface area contributed by atoms with Gasteiger partial charge in [0.15, 0.2) is 0 Å². The quantitative estimate of drug-likeness (QED) is 0.840. The summed E-state index contributed by atoms with van der Waals surface area (Å²) in [7, 11) is 1.57. The molecule has 0 saturated carbocycles. The Labute approximate surface area is 118 Å². The SMILES string of the molecule is COc1ccc(NC(=O)Cc2cccc(C)c2)c(N)c1. The van der Waals surface area contributed by atoms with Gasteiger partial charge < -0.3 is 15.8 Å². The van der Waals surface area contributed by atoms with Crippen molar-refractivity contribution in [1.82, 2.24) is 0 Å². The highest BCUT2D eigenvalue weighted by Crippen LogP contribution is 2.24. The van der Waals surface area contributed by atoms with E-state index in [4.69, 9.17) is 10.5 Å². The molecule has 0 heterocycles. The van der Waals surface area contributed by atoms with Crippen molar-refractivity contribution in [1.29, 1.82) is 0 Å². The van der Waals surface area contributed by atoms with Crippen molar-refractivity contribution < 1.29 is 9.53 Å². The molecular formula is C16H18N2O2. The molecule has 0 aromatic heterocycles. The first-order valence-corrected chi connectivity index (χ1v) is 6.37. The van der Waals surface area contributed by atoms with E-state index in [1.165, 1.54) is 0 Å². The summed E-state index contributed by atoms with van der Waals surface area (Å²) < 4.78 is 5.07. The van der Waals surface area contributed by atoms with Crippen molar-refractivity contribution in [2.45, 2.75) is 13.3 Å². The van der Waals surface area contributed by atoms with E-state index >= 15 is 0 Å². The second-order valence-electron chi connectivity index (χ2n) is 4.67. The minimum atomic E-state index is -0.0903. The zero-order valence-electron chi connectivity index (χ0n) is 11.6. The number of nitrogens with one attached hydrogen (secondary N) is 1. The molecule has 2 aromatic rings. The first kappa shape index (κ1) is 13.9. The Bertz CT molecular complexity index is 624. The van der Waals surface area contributed by atoms with Gasteiger partial charge in [-0.05, 0) is 24.6 Å². The second-order valence-corrected chi connectivity index (χ2v) is 4.67. The number of carbonyl (C=O) groups is 1. The molecular weight excluding hydrogens is 252 g/mol. The van der Waals surface area contributed by atoms with E-state index in [0.29, 0.717) is 23.5 Å². The molecule has 20 heavy (non-hydrogen) atoms. The molecule has 0 spiro atoms. The standard InChI is InChI=1S/C16H18N2O2/c1-11-4-3-5-12(8-11)9-16(19)18-15-7-6-13(20-2)10-14(15)17/h3-8,10H,9,17H2,1-2H3,(H,18,19). The molecule has 0 fully saturated rings. The zero-order valence-corrected chi connectivity index (χ0v) is 11.6. The average Bonchev–Trinajstić information content (AvgIpc) is 2.41. The first-order valence-electron chi connectivity index (χ1n) is 6.37. The summed E-state index contributed by atoms with van der Waals surface area (Å²) in [5.74, 6) is 0.576. The largest absolute Gasteiger partial charge is 0.497 e. The van der Waals surface area contributed by atoms with Gasteiger partial charge in [-0.15, -0.1) is 0 Å². The van der Waals surface area contributed by atoms with Crippen LogP contribution in [0.2, 0.25) is 0 Å². The van der Waals surface area contributed by atoms with Crippen LogP contribution in [-0.4, -0.2) is 13.0 Å². The Hall–Kier alpha value is -2.49. The fourth-order valence-corrected chi connectivity index (χ4v) is 1.98. The van der Waals surface area contributed by atoms with Crippen LogP contribution >= 0.6 is 0 Å². The number of benzene rings is 2. The van der Waals surface area contributed by atoms with E-state index < -0.39 is 0 Å². The third kappa shape index (κ3) is 3.51. The molecule has 0 radical (unpaired) electrons.